The molecule has 2 heterocycles. The fourth-order valence-electron chi connectivity index (χ4n) is 2.62. The van der Waals surface area contributed by atoms with Crippen molar-refractivity contribution in [2.75, 3.05) is 7.11 Å². The van der Waals surface area contributed by atoms with Crippen LogP contribution in [0.4, 0.5) is 0 Å². The highest BCUT2D eigenvalue weighted by Gasteiger charge is 2.18. The number of ether oxygens (including phenoxy) is 1. The van der Waals surface area contributed by atoms with Gasteiger partial charge in [0, 0.05) is 29.7 Å². The minimum atomic E-state index is -0.260. The second-order valence-electron chi connectivity index (χ2n) is 5.66. The Balaban J connectivity index is 2.10. The first-order valence-electron chi connectivity index (χ1n) is 7.39. The Morgan fingerprint density at radius 2 is 2.14 bits per heavy atom. The fourth-order valence-corrected chi connectivity index (χ4v) is 2.62. The van der Waals surface area contributed by atoms with Gasteiger partial charge in [-0.05, 0) is 24.1 Å². The summed E-state index contributed by atoms with van der Waals surface area (Å²) in [6.45, 7) is 4.79. The summed E-state index contributed by atoms with van der Waals surface area (Å²) in [6.07, 6.45) is 0.813. The van der Waals surface area contributed by atoms with Crippen LogP contribution in [0.25, 0.3) is 11.3 Å². The summed E-state index contributed by atoms with van der Waals surface area (Å²) in [5.41, 5.74) is 3.89. The molecule has 0 N–H and O–H groups in total. The van der Waals surface area contributed by atoms with E-state index in [0.717, 1.165) is 23.2 Å². The molecule has 0 atom stereocenters. The Bertz CT molecular complexity index is 838. The number of benzene rings is 1. The Hall–Kier alpha value is -2.54. The van der Waals surface area contributed by atoms with Crippen molar-refractivity contribution in [1.82, 2.24) is 9.55 Å². The lowest BCUT2D eigenvalue weighted by Crippen LogP contribution is -2.28. The van der Waals surface area contributed by atoms with Gasteiger partial charge in [-0.1, -0.05) is 31.8 Å². The normalized spacial score (nSPS) is 12.2. The molecule has 4 heteroatoms. The minimum Gasteiger partial charge on any atom is -0.481 e. The van der Waals surface area contributed by atoms with Gasteiger partial charge >= 0.3 is 5.69 Å². The molecule has 22 heavy (non-hydrogen) atoms. The van der Waals surface area contributed by atoms with Crippen molar-refractivity contribution in [2.45, 2.75) is 26.8 Å². The maximum atomic E-state index is 12.0. The molecule has 0 radical (unpaired) electrons. The third kappa shape index (κ3) is 2.62. The van der Waals surface area contributed by atoms with Crippen LogP contribution in [0.15, 0.2) is 29.1 Å². The van der Waals surface area contributed by atoms with Gasteiger partial charge < -0.3 is 4.74 Å². The predicted molar refractivity (Wildman–Crippen MR) is 85.9 cm³/mol. The Kier molecular flexibility index (Phi) is 3.72. The van der Waals surface area contributed by atoms with Crippen LogP contribution in [0, 0.1) is 17.8 Å². The molecule has 0 fully saturated rings. The monoisotopic (exact) mass is 294 g/mol. The molecule has 1 aliphatic rings. The number of hydrogen-bond acceptors (Lipinski definition) is 3. The van der Waals surface area contributed by atoms with Crippen LogP contribution in [-0.4, -0.2) is 16.7 Å². The van der Waals surface area contributed by atoms with Crippen LogP contribution >= 0.6 is 0 Å². The number of aryl methyl sites for hydroxylation is 1. The standard InChI is InChI=1S/C18H18N2O2/c1-12(2)4-5-13-6-7-15-14(10-13)8-9-20-16(15)11-17(22-3)19-18(20)21/h6-7,10-12H,8-9H2,1-3H3. The highest BCUT2D eigenvalue weighted by atomic mass is 16.5. The van der Waals surface area contributed by atoms with E-state index in [1.54, 1.807) is 4.57 Å². The van der Waals surface area contributed by atoms with Gasteiger partial charge in [0.25, 0.3) is 0 Å². The molecule has 0 aliphatic carbocycles. The van der Waals surface area contributed by atoms with Crippen molar-refractivity contribution in [3.63, 3.8) is 0 Å². The number of hydrogen-bond donors (Lipinski definition) is 0. The quantitative estimate of drug-likeness (QED) is 0.759. The van der Waals surface area contributed by atoms with Gasteiger partial charge in [-0.15, -0.1) is 0 Å². The first-order chi connectivity index (χ1) is 10.6. The van der Waals surface area contributed by atoms with Gasteiger partial charge in [-0.3, -0.25) is 4.57 Å². The second-order valence-corrected chi connectivity index (χ2v) is 5.66. The van der Waals surface area contributed by atoms with Crippen molar-refractivity contribution < 1.29 is 4.74 Å². The van der Waals surface area contributed by atoms with Gasteiger partial charge in [-0.25, -0.2) is 4.79 Å². The molecular formula is C18H18N2O2. The molecule has 1 aliphatic heterocycles. The lowest BCUT2D eigenvalue weighted by molar-refractivity contribution is 0.392. The molecule has 0 saturated carbocycles. The Morgan fingerprint density at radius 1 is 1.32 bits per heavy atom. The molecule has 112 valence electrons. The number of methoxy groups -OCH3 is 1. The van der Waals surface area contributed by atoms with E-state index in [9.17, 15) is 4.79 Å². The number of rotatable bonds is 1. The summed E-state index contributed by atoms with van der Waals surface area (Å²) < 4.78 is 6.82. The fraction of sp³-hybridized carbons (Fsp3) is 0.333. The maximum Gasteiger partial charge on any atom is 0.351 e. The van der Waals surface area contributed by atoms with Crippen LogP contribution in [0.2, 0.25) is 0 Å². The predicted octanol–water partition coefficient (Wildman–Crippen LogP) is 2.48. The van der Waals surface area contributed by atoms with Crippen LogP contribution in [0.3, 0.4) is 0 Å². The van der Waals surface area contributed by atoms with Gasteiger partial charge in [0.2, 0.25) is 5.88 Å². The topological polar surface area (TPSA) is 44.1 Å². The molecule has 0 amide bonds. The number of nitrogens with zero attached hydrogens (tertiary/aromatic N) is 2. The number of aromatic nitrogens is 2. The maximum absolute atomic E-state index is 12.0. The van der Waals surface area contributed by atoms with Gasteiger partial charge in [0.05, 0.1) is 12.8 Å². The van der Waals surface area contributed by atoms with Crippen LogP contribution in [0.5, 0.6) is 5.88 Å². The largest absolute Gasteiger partial charge is 0.481 e. The van der Waals surface area contributed by atoms with Crippen molar-refractivity contribution in [2.24, 2.45) is 5.92 Å². The van der Waals surface area contributed by atoms with E-state index in [2.05, 4.69) is 36.7 Å². The third-order valence-electron chi connectivity index (χ3n) is 3.69. The molecule has 0 spiro atoms. The van der Waals surface area contributed by atoms with E-state index in [1.165, 1.54) is 12.7 Å². The van der Waals surface area contributed by atoms with E-state index in [0.29, 0.717) is 18.3 Å². The summed E-state index contributed by atoms with van der Waals surface area (Å²) in [7, 11) is 1.52. The van der Waals surface area contributed by atoms with Crippen LogP contribution in [-0.2, 0) is 13.0 Å². The SMILES string of the molecule is COc1cc2n(c(=O)n1)CCc1cc(C#CC(C)C)ccc1-2. The first kappa shape index (κ1) is 14.4. The lowest BCUT2D eigenvalue weighted by Gasteiger charge is -2.21. The molecule has 1 aromatic carbocycles. The molecule has 0 unspecified atom stereocenters. The summed E-state index contributed by atoms with van der Waals surface area (Å²) in [6, 6.07) is 7.97. The molecular weight excluding hydrogens is 276 g/mol. The van der Waals surface area contributed by atoms with E-state index in [4.69, 9.17) is 4.74 Å². The van der Waals surface area contributed by atoms with Crippen molar-refractivity contribution in [1.29, 1.82) is 0 Å². The zero-order valence-electron chi connectivity index (χ0n) is 13.0. The Morgan fingerprint density at radius 3 is 2.86 bits per heavy atom. The highest BCUT2D eigenvalue weighted by Crippen LogP contribution is 2.30. The van der Waals surface area contributed by atoms with Crippen LogP contribution < -0.4 is 10.4 Å². The summed E-state index contributed by atoms with van der Waals surface area (Å²) >= 11 is 0. The van der Waals surface area contributed by atoms with E-state index in [-0.39, 0.29) is 5.69 Å². The van der Waals surface area contributed by atoms with Gasteiger partial charge in [0.1, 0.15) is 0 Å². The van der Waals surface area contributed by atoms with Gasteiger partial charge in [0.15, 0.2) is 0 Å². The van der Waals surface area contributed by atoms with E-state index in [1.807, 2.05) is 18.2 Å². The second kappa shape index (κ2) is 5.69. The zero-order chi connectivity index (χ0) is 15.7. The third-order valence-corrected chi connectivity index (χ3v) is 3.69. The molecule has 2 aromatic rings. The zero-order valence-corrected chi connectivity index (χ0v) is 13.0. The summed E-state index contributed by atoms with van der Waals surface area (Å²) in [5, 5.41) is 0. The molecule has 4 nitrogen and oxygen atoms in total. The first-order valence-corrected chi connectivity index (χ1v) is 7.39. The van der Waals surface area contributed by atoms with E-state index < -0.39 is 0 Å². The summed E-state index contributed by atoms with van der Waals surface area (Å²) in [5.74, 6) is 7.08. The number of fused-ring (bicyclic) bond motifs is 3. The lowest BCUT2D eigenvalue weighted by atomic mass is 9.95. The highest BCUT2D eigenvalue weighted by molar-refractivity contribution is 5.67. The minimum absolute atomic E-state index is 0.260. The average Bonchev–Trinajstić information content (AvgIpc) is 2.52. The summed E-state index contributed by atoms with van der Waals surface area (Å²) in [4.78, 5) is 16.0. The average molecular weight is 294 g/mol. The molecule has 1 aromatic heterocycles. The molecule has 3 rings (SSSR count). The Labute approximate surface area is 129 Å². The molecule has 0 saturated heterocycles. The van der Waals surface area contributed by atoms with Crippen LogP contribution in [0.1, 0.15) is 25.0 Å². The molecule has 0 bridgehead atoms. The van der Waals surface area contributed by atoms with Gasteiger partial charge in [-0.2, -0.15) is 4.98 Å². The van der Waals surface area contributed by atoms with Crippen molar-refractivity contribution in [3.05, 3.63) is 45.9 Å². The van der Waals surface area contributed by atoms with E-state index >= 15 is 0 Å². The smallest absolute Gasteiger partial charge is 0.351 e. The van der Waals surface area contributed by atoms with Crippen molar-refractivity contribution >= 4 is 0 Å². The van der Waals surface area contributed by atoms with Crippen molar-refractivity contribution in [3.8, 4) is 29.0 Å².